The third kappa shape index (κ3) is 2.19. The van der Waals surface area contributed by atoms with Crippen LogP contribution in [-0.4, -0.2) is 13.1 Å². The van der Waals surface area contributed by atoms with Gasteiger partial charge in [-0.1, -0.05) is 30.3 Å². The predicted octanol–water partition coefficient (Wildman–Crippen LogP) is 3.26. The zero-order valence-electron chi connectivity index (χ0n) is 10.4. The molecule has 3 rings (SSSR count). The second-order valence-corrected chi connectivity index (χ2v) is 4.93. The molecule has 0 saturated carbocycles. The molecule has 2 aromatic carbocycles. The van der Waals surface area contributed by atoms with Crippen molar-refractivity contribution in [2.24, 2.45) is 0 Å². The van der Waals surface area contributed by atoms with Gasteiger partial charge in [-0.05, 0) is 36.2 Å². The van der Waals surface area contributed by atoms with Gasteiger partial charge in [0.15, 0.2) is 0 Å². The van der Waals surface area contributed by atoms with Crippen molar-refractivity contribution in [2.45, 2.75) is 12.3 Å². The number of rotatable bonds is 2. The first-order chi connectivity index (χ1) is 8.83. The molecule has 1 aliphatic heterocycles. The molecule has 18 heavy (non-hydrogen) atoms. The molecule has 1 atom stereocenters. The van der Waals surface area contributed by atoms with Gasteiger partial charge in [0.2, 0.25) is 0 Å². The summed E-state index contributed by atoms with van der Waals surface area (Å²) in [6.45, 7) is 2.24. The molecule has 1 fully saturated rings. The summed E-state index contributed by atoms with van der Waals surface area (Å²) in [5.74, 6) is 0.630. The quantitative estimate of drug-likeness (QED) is 0.814. The average Bonchev–Trinajstić information content (AvgIpc) is 2.90. The summed E-state index contributed by atoms with van der Waals surface area (Å²) < 4.78 is 0. The number of hydrogen-bond acceptors (Lipinski definition) is 2. The fourth-order valence-electron chi connectivity index (χ4n) is 2.67. The lowest BCUT2D eigenvalue weighted by Gasteiger charge is -2.18. The smallest absolute Gasteiger partial charge is 0.0366 e. The van der Waals surface area contributed by atoms with Crippen molar-refractivity contribution in [3.05, 3.63) is 60.2 Å². The van der Waals surface area contributed by atoms with Crippen LogP contribution in [0.5, 0.6) is 0 Å². The largest absolute Gasteiger partial charge is 0.399 e. The van der Waals surface area contributed by atoms with Gasteiger partial charge in [0.1, 0.15) is 0 Å². The first kappa shape index (κ1) is 11.1. The Kier molecular flexibility index (Phi) is 2.93. The summed E-state index contributed by atoms with van der Waals surface area (Å²) in [6.07, 6.45) is 1.22. The molecular weight excluding hydrogens is 220 g/mol. The Morgan fingerprint density at radius 3 is 2.39 bits per heavy atom. The van der Waals surface area contributed by atoms with E-state index in [0.717, 1.165) is 18.8 Å². The fraction of sp³-hybridized carbons (Fsp3) is 0.250. The van der Waals surface area contributed by atoms with Crippen molar-refractivity contribution >= 4 is 11.4 Å². The Morgan fingerprint density at radius 1 is 0.944 bits per heavy atom. The summed E-state index contributed by atoms with van der Waals surface area (Å²) in [4.78, 5) is 2.46. The molecule has 0 bridgehead atoms. The van der Waals surface area contributed by atoms with Crippen molar-refractivity contribution in [1.82, 2.24) is 0 Å². The maximum absolute atomic E-state index is 5.73. The van der Waals surface area contributed by atoms with Crippen LogP contribution in [0.3, 0.4) is 0 Å². The lowest BCUT2D eigenvalue weighted by molar-refractivity contribution is 0.775. The van der Waals surface area contributed by atoms with E-state index in [4.69, 9.17) is 5.73 Å². The fourth-order valence-corrected chi connectivity index (χ4v) is 2.67. The molecule has 0 aromatic heterocycles. The molecule has 0 radical (unpaired) electrons. The monoisotopic (exact) mass is 238 g/mol. The third-order valence-electron chi connectivity index (χ3n) is 3.72. The molecule has 2 nitrogen and oxygen atoms in total. The van der Waals surface area contributed by atoms with E-state index < -0.39 is 0 Å². The lowest BCUT2D eigenvalue weighted by Crippen LogP contribution is -2.18. The number of anilines is 2. The molecule has 2 heteroatoms. The predicted molar refractivity (Wildman–Crippen MR) is 76.9 cm³/mol. The Labute approximate surface area is 108 Å². The van der Waals surface area contributed by atoms with E-state index >= 15 is 0 Å². The second kappa shape index (κ2) is 4.73. The van der Waals surface area contributed by atoms with Gasteiger partial charge in [-0.3, -0.25) is 0 Å². The highest BCUT2D eigenvalue weighted by Gasteiger charge is 2.23. The van der Waals surface area contributed by atoms with E-state index in [2.05, 4.69) is 47.4 Å². The highest BCUT2D eigenvalue weighted by molar-refractivity contribution is 5.48. The number of para-hydroxylation sites is 1. The molecule has 0 spiro atoms. The molecule has 1 heterocycles. The summed E-state index contributed by atoms with van der Waals surface area (Å²) in [5.41, 5.74) is 9.31. The molecule has 0 aliphatic carbocycles. The molecule has 92 valence electrons. The van der Waals surface area contributed by atoms with Gasteiger partial charge in [-0.15, -0.1) is 0 Å². The van der Waals surface area contributed by atoms with Gasteiger partial charge < -0.3 is 10.6 Å². The van der Waals surface area contributed by atoms with E-state index in [1.54, 1.807) is 0 Å². The zero-order chi connectivity index (χ0) is 12.4. The Balaban J connectivity index is 1.74. The third-order valence-corrected chi connectivity index (χ3v) is 3.72. The molecule has 1 unspecified atom stereocenters. The number of nitrogens with two attached hydrogens (primary N) is 1. The molecule has 2 N–H and O–H groups in total. The summed E-state index contributed by atoms with van der Waals surface area (Å²) in [5, 5.41) is 0. The van der Waals surface area contributed by atoms with Crippen molar-refractivity contribution in [3.8, 4) is 0 Å². The summed E-state index contributed by atoms with van der Waals surface area (Å²) in [6, 6.07) is 19.0. The lowest BCUT2D eigenvalue weighted by atomic mass is 9.98. The normalized spacial score (nSPS) is 19.1. The summed E-state index contributed by atoms with van der Waals surface area (Å²) >= 11 is 0. The van der Waals surface area contributed by atoms with Crippen molar-refractivity contribution in [2.75, 3.05) is 23.7 Å². The van der Waals surface area contributed by atoms with Crippen LogP contribution in [0, 0.1) is 0 Å². The summed E-state index contributed by atoms with van der Waals surface area (Å²) in [7, 11) is 0. The van der Waals surface area contributed by atoms with E-state index in [-0.39, 0.29) is 0 Å². The molecule has 1 aliphatic rings. The molecule has 2 aromatic rings. The topological polar surface area (TPSA) is 29.3 Å². The van der Waals surface area contributed by atoms with Gasteiger partial charge in [-0.2, -0.15) is 0 Å². The Bertz CT molecular complexity index is 504. The number of nitrogens with zero attached hydrogens (tertiary/aromatic N) is 1. The minimum absolute atomic E-state index is 0.630. The molecule has 1 saturated heterocycles. The number of benzene rings is 2. The number of hydrogen-bond donors (Lipinski definition) is 1. The zero-order valence-corrected chi connectivity index (χ0v) is 10.4. The minimum Gasteiger partial charge on any atom is -0.399 e. The van der Waals surface area contributed by atoms with Gasteiger partial charge >= 0.3 is 0 Å². The van der Waals surface area contributed by atoms with E-state index in [1.807, 2.05) is 12.1 Å². The van der Waals surface area contributed by atoms with Gasteiger partial charge in [0.05, 0.1) is 0 Å². The van der Waals surface area contributed by atoms with E-state index in [9.17, 15) is 0 Å². The minimum atomic E-state index is 0.630. The van der Waals surface area contributed by atoms with Gasteiger partial charge in [0, 0.05) is 30.4 Å². The standard InChI is InChI=1S/C16H18N2/c17-15-8-6-13(7-9-15)14-10-11-18(12-14)16-4-2-1-3-5-16/h1-9,14H,10-12,17H2. The van der Waals surface area contributed by atoms with Crippen molar-refractivity contribution < 1.29 is 0 Å². The maximum atomic E-state index is 5.73. The van der Waals surface area contributed by atoms with Crippen LogP contribution >= 0.6 is 0 Å². The van der Waals surface area contributed by atoms with E-state index in [1.165, 1.54) is 17.7 Å². The van der Waals surface area contributed by atoms with Crippen molar-refractivity contribution in [1.29, 1.82) is 0 Å². The van der Waals surface area contributed by atoms with Crippen LogP contribution in [0.15, 0.2) is 54.6 Å². The first-order valence-corrected chi connectivity index (χ1v) is 6.48. The Morgan fingerprint density at radius 2 is 1.67 bits per heavy atom. The SMILES string of the molecule is Nc1ccc(C2CCN(c3ccccc3)C2)cc1. The van der Waals surface area contributed by atoms with Gasteiger partial charge in [0.25, 0.3) is 0 Å². The van der Waals surface area contributed by atoms with E-state index in [0.29, 0.717) is 5.92 Å². The second-order valence-electron chi connectivity index (χ2n) is 4.93. The van der Waals surface area contributed by atoms with Crippen LogP contribution in [-0.2, 0) is 0 Å². The first-order valence-electron chi connectivity index (χ1n) is 6.48. The highest BCUT2D eigenvalue weighted by atomic mass is 15.1. The van der Waals surface area contributed by atoms with Crippen LogP contribution < -0.4 is 10.6 Å². The molecular formula is C16H18N2. The maximum Gasteiger partial charge on any atom is 0.0366 e. The van der Waals surface area contributed by atoms with Crippen LogP contribution in [0.1, 0.15) is 17.9 Å². The Hall–Kier alpha value is -1.96. The van der Waals surface area contributed by atoms with Crippen LogP contribution in [0.25, 0.3) is 0 Å². The van der Waals surface area contributed by atoms with Crippen molar-refractivity contribution in [3.63, 3.8) is 0 Å². The van der Waals surface area contributed by atoms with Crippen LogP contribution in [0.2, 0.25) is 0 Å². The van der Waals surface area contributed by atoms with Gasteiger partial charge in [-0.25, -0.2) is 0 Å². The highest BCUT2D eigenvalue weighted by Crippen LogP contribution is 2.30. The number of nitrogen functional groups attached to an aromatic ring is 1. The molecule has 0 amide bonds. The average molecular weight is 238 g/mol. The van der Waals surface area contributed by atoms with Crippen LogP contribution in [0.4, 0.5) is 11.4 Å².